The van der Waals surface area contributed by atoms with E-state index in [4.69, 9.17) is 9.15 Å². The standard InChI is InChI=1S/C19H13FO4/c1-23-17-7-3-5-13-11-15(19(22)24-18(13)17)16(21)9-8-12-4-2-6-14(20)10-12/h2-11H,1H3/b9-8+. The summed E-state index contributed by atoms with van der Waals surface area (Å²) in [7, 11) is 1.47. The van der Waals surface area contributed by atoms with Gasteiger partial charge in [0.25, 0.3) is 0 Å². The molecule has 0 saturated carbocycles. The van der Waals surface area contributed by atoms with Crippen molar-refractivity contribution in [2.75, 3.05) is 7.11 Å². The predicted molar refractivity (Wildman–Crippen MR) is 88.8 cm³/mol. The summed E-state index contributed by atoms with van der Waals surface area (Å²) in [6, 6.07) is 12.4. The van der Waals surface area contributed by atoms with Gasteiger partial charge in [-0.05, 0) is 35.9 Å². The Labute approximate surface area is 136 Å². The van der Waals surface area contributed by atoms with Crippen LogP contribution in [-0.4, -0.2) is 12.9 Å². The van der Waals surface area contributed by atoms with Gasteiger partial charge in [0.2, 0.25) is 0 Å². The Hall–Kier alpha value is -3.21. The zero-order chi connectivity index (χ0) is 17.1. The molecule has 0 atom stereocenters. The minimum absolute atomic E-state index is 0.0941. The fourth-order valence-electron chi connectivity index (χ4n) is 2.32. The van der Waals surface area contributed by atoms with Crippen molar-refractivity contribution in [3.05, 3.63) is 82.0 Å². The highest BCUT2D eigenvalue weighted by molar-refractivity contribution is 6.08. The zero-order valence-corrected chi connectivity index (χ0v) is 12.8. The molecule has 120 valence electrons. The highest BCUT2D eigenvalue weighted by atomic mass is 19.1. The van der Waals surface area contributed by atoms with E-state index in [1.165, 1.54) is 43.5 Å². The summed E-state index contributed by atoms with van der Waals surface area (Å²) in [6.07, 6.45) is 2.66. The second kappa shape index (κ2) is 6.50. The Morgan fingerprint density at radius 2 is 1.96 bits per heavy atom. The Kier molecular flexibility index (Phi) is 4.24. The molecule has 1 aromatic heterocycles. The van der Waals surface area contributed by atoms with Gasteiger partial charge in [0.05, 0.1) is 7.11 Å². The van der Waals surface area contributed by atoms with E-state index in [0.29, 0.717) is 16.7 Å². The normalized spacial score (nSPS) is 11.1. The lowest BCUT2D eigenvalue weighted by Crippen LogP contribution is -2.12. The van der Waals surface area contributed by atoms with E-state index in [2.05, 4.69) is 0 Å². The van der Waals surface area contributed by atoms with Crippen LogP contribution in [0.15, 0.2) is 63.8 Å². The lowest BCUT2D eigenvalue weighted by atomic mass is 10.1. The van der Waals surface area contributed by atoms with Crippen LogP contribution >= 0.6 is 0 Å². The van der Waals surface area contributed by atoms with Crippen molar-refractivity contribution in [1.82, 2.24) is 0 Å². The van der Waals surface area contributed by atoms with Crippen LogP contribution in [0.1, 0.15) is 15.9 Å². The Bertz CT molecular complexity index is 1000. The maximum atomic E-state index is 13.1. The van der Waals surface area contributed by atoms with E-state index < -0.39 is 17.2 Å². The third-order valence-electron chi connectivity index (χ3n) is 3.49. The predicted octanol–water partition coefficient (Wildman–Crippen LogP) is 3.84. The molecule has 24 heavy (non-hydrogen) atoms. The monoisotopic (exact) mass is 324 g/mol. The van der Waals surface area contributed by atoms with Gasteiger partial charge in [-0.3, -0.25) is 4.79 Å². The first kappa shape index (κ1) is 15.7. The molecule has 3 rings (SSSR count). The highest BCUT2D eigenvalue weighted by Gasteiger charge is 2.13. The van der Waals surface area contributed by atoms with E-state index in [1.54, 1.807) is 24.3 Å². The first-order valence-electron chi connectivity index (χ1n) is 7.17. The van der Waals surface area contributed by atoms with Crippen molar-refractivity contribution in [2.24, 2.45) is 0 Å². The number of methoxy groups -OCH3 is 1. The molecule has 0 spiro atoms. The van der Waals surface area contributed by atoms with Crippen LogP contribution in [-0.2, 0) is 0 Å². The summed E-state index contributed by atoms with van der Waals surface area (Å²) in [6.45, 7) is 0. The molecule has 0 bridgehead atoms. The van der Waals surface area contributed by atoms with Crippen molar-refractivity contribution in [3.63, 3.8) is 0 Å². The molecule has 0 aliphatic rings. The summed E-state index contributed by atoms with van der Waals surface area (Å²) in [5.41, 5.74) is -0.0323. The van der Waals surface area contributed by atoms with Crippen molar-refractivity contribution in [1.29, 1.82) is 0 Å². The average Bonchev–Trinajstić information content (AvgIpc) is 2.58. The van der Waals surface area contributed by atoms with Gasteiger partial charge >= 0.3 is 5.63 Å². The number of carbonyl (C=O) groups is 1. The topological polar surface area (TPSA) is 56.5 Å². The number of fused-ring (bicyclic) bond motifs is 1. The van der Waals surface area contributed by atoms with E-state index in [0.717, 1.165) is 0 Å². The number of hydrogen-bond donors (Lipinski definition) is 0. The summed E-state index contributed by atoms with van der Waals surface area (Å²) in [4.78, 5) is 24.3. The molecule has 0 radical (unpaired) electrons. The number of para-hydroxylation sites is 1. The second-order valence-electron chi connectivity index (χ2n) is 5.08. The van der Waals surface area contributed by atoms with E-state index in [-0.39, 0.29) is 11.1 Å². The maximum Gasteiger partial charge on any atom is 0.347 e. The number of benzene rings is 2. The van der Waals surface area contributed by atoms with E-state index >= 15 is 0 Å². The van der Waals surface area contributed by atoms with Crippen LogP contribution in [0.25, 0.3) is 17.0 Å². The van der Waals surface area contributed by atoms with E-state index in [1.807, 2.05) is 0 Å². The molecule has 3 aromatic rings. The minimum atomic E-state index is -0.749. The molecule has 0 N–H and O–H groups in total. The Morgan fingerprint density at radius 3 is 2.71 bits per heavy atom. The van der Waals surface area contributed by atoms with Gasteiger partial charge in [0.15, 0.2) is 17.1 Å². The molecule has 0 aliphatic carbocycles. The molecule has 0 fully saturated rings. The first-order valence-corrected chi connectivity index (χ1v) is 7.17. The third-order valence-corrected chi connectivity index (χ3v) is 3.49. The molecule has 4 nitrogen and oxygen atoms in total. The SMILES string of the molecule is COc1cccc2cc(C(=O)/C=C/c3cccc(F)c3)c(=O)oc12. The molecule has 0 amide bonds. The van der Waals surface area contributed by atoms with Gasteiger partial charge in [-0.25, -0.2) is 9.18 Å². The molecule has 0 saturated heterocycles. The summed E-state index contributed by atoms with van der Waals surface area (Å²) >= 11 is 0. The van der Waals surface area contributed by atoms with Crippen LogP contribution in [0.5, 0.6) is 5.75 Å². The van der Waals surface area contributed by atoms with Crippen molar-refractivity contribution in [3.8, 4) is 5.75 Å². The number of ketones is 1. The molecule has 2 aromatic carbocycles. The van der Waals surface area contributed by atoms with E-state index in [9.17, 15) is 14.0 Å². The fraction of sp³-hybridized carbons (Fsp3) is 0.0526. The molecule has 0 unspecified atom stereocenters. The van der Waals surface area contributed by atoms with Crippen LogP contribution in [0.4, 0.5) is 4.39 Å². The molecule has 1 heterocycles. The number of hydrogen-bond acceptors (Lipinski definition) is 4. The maximum absolute atomic E-state index is 13.1. The van der Waals surface area contributed by atoms with Gasteiger partial charge in [-0.2, -0.15) is 0 Å². The van der Waals surface area contributed by atoms with Crippen molar-refractivity contribution >= 4 is 22.8 Å². The number of carbonyl (C=O) groups excluding carboxylic acids is 1. The number of allylic oxidation sites excluding steroid dienone is 1. The lowest BCUT2D eigenvalue weighted by Gasteiger charge is -2.04. The van der Waals surface area contributed by atoms with Gasteiger partial charge in [0, 0.05) is 5.39 Å². The van der Waals surface area contributed by atoms with Crippen molar-refractivity contribution in [2.45, 2.75) is 0 Å². The van der Waals surface area contributed by atoms with Gasteiger partial charge in [-0.1, -0.05) is 30.3 Å². The number of halogens is 1. The Morgan fingerprint density at radius 1 is 1.17 bits per heavy atom. The molecular formula is C19H13FO4. The van der Waals surface area contributed by atoms with Crippen LogP contribution in [0, 0.1) is 5.82 Å². The highest BCUT2D eigenvalue weighted by Crippen LogP contribution is 2.24. The Balaban J connectivity index is 1.98. The lowest BCUT2D eigenvalue weighted by molar-refractivity contribution is 0.104. The minimum Gasteiger partial charge on any atom is -0.493 e. The summed E-state index contributed by atoms with van der Waals surface area (Å²) < 4.78 is 23.5. The van der Waals surface area contributed by atoms with Gasteiger partial charge < -0.3 is 9.15 Å². The summed E-state index contributed by atoms with van der Waals surface area (Å²) in [5, 5.41) is 0.580. The average molecular weight is 324 g/mol. The smallest absolute Gasteiger partial charge is 0.347 e. The zero-order valence-electron chi connectivity index (χ0n) is 12.8. The fourth-order valence-corrected chi connectivity index (χ4v) is 2.32. The van der Waals surface area contributed by atoms with Crippen LogP contribution in [0.2, 0.25) is 0 Å². The van der Waals surface area contributed by atoms with Crippen LogP contribution < -0.4 is 10.4 Å². The largest absolute Gasteiger partial charge is 0.493 e. The third kappa shape index (κ3) is 3.10. The molecular weight excluding hydrogens is 311 g/mol. The number of ether oxygens (including phenoxy) is 1. The van der Waals surface area contributed by atoms with Crippen LogP contribution in [0.3, 0.4) is 0 Å². The second-order valence-corrected chi connectivity index (χ2v) is 5.08. The first-order chi connectivity index (χ1) is 11.6. The number of rotatable bonds is 4. The molecule has 0 aliphatic heterocycles. The quantitative estimate of drug-likeness (QED) is 0.416. The van der Waals surface area contributed by atoms with Gasteiger partial charge in [-0.15, -0.1) is 0 Å². The molecule has 5 heteroatoms. The van der Waals surface area contributed by atoms with Crippen molar-refractivity contribution < 1.29 is 18.3 Å². The summed E-state index contributed by atoms with van der Waals surface area (Å²) in [5.74, 6) is -0.501. The van der Waals surface area contributed by atoms with Gasteiger partial charge in [0.1, 0.15) is 11.4 Å².